The van der Waals surface area contributed by atoms with Gasteiger partial charge in [0.1, 0.15) is 5.82 Å². The second-order valence-electron chi connectivity index (χ2n) is 5.07. The zero-order valence-electron chi connectivity index (χ0n) is 13.3. The van der Waals surface area contributed by atoms with Gasteiger partial charge < -0.3 is 14.8 Å². The molecule has 1 aromatic rings. The molecule has 0 saturated carbocycles. The molecule has 0 spiro atoms. The number of nitrogens with zero attached hydrogens (tertiary/aromatic N) is 2. The van der Waals surface area contributed by atoms with Crippen molar-refractivity contribution < 1.29 is 9.47 Å². The van der Waals surface area contributed by atoms with Crippen LogP contribution in [0.25, 0.3) is 0 Å². The van der Waals surface area contributed by atoms with Crippen molar-refractivity contribution >= 4 is 0 Å². The van der Waals surface area contributed by atoms with Crippen molar-refractivity contribution in [2.24, 2.45) is 0 Å². The van der Waals surface area contributed by atoms with E-state index >= 15 is 0 Å². The van der Waals surface area contributed by atoms with Gasteiger partial charge in [0.2, 0.25) is 0 Å². The summed E-state index contributed by atoms with van der Waals surface area (Å²) in [6, 6.07) is 0. The third-order valence-electron chi connectivity index (χ3n) is 3.33. The molecule has 1 atom stereocenters. The fourth-order valence-electron chi connectivity index (χ4n) is 2.41. The number of ether oxygens (including phenoxy) is 2. The van der Waals surface area contributed by atoms with Crippen molar-refractivity contribution in [2.45, 2.75) is 33.1 Å². The number of aryl methyl sites for hydroxylation is 2. The topological polar surface area (TPSA) is 56.3 Å². The molecule has 20 heavy (non-hydrogen) atoms. The van der Waals surface area contributed by atoms with E-state index in [1.807, 2.05) is 0 Å². The van der Waals surface area contributed by atoms with Crippen LogP contribution in [0.5, 0.6) is 0 Å². The van der Waals surface area contributed by atoms with Gasteiger partial charge in [-0.1, -0.05) is 6.92 Å². The summed E-state index contributed by atoms with van der Waals surface area (Å²) in [7, 11) is 3.41. The van der Waals surface area contributed by atoms with Gasteiger partial charge in [-0.05, 0) is 25.3 Å². The Hall–Kier alpha value is -1.04. The first-order valence-corrected chi connectivity index (χ1v) is 7.12. The maximum absolute atomic E-state index is 5.08. The van der Waals surface area contributed by atoms with Gasteiger partial charge in [-0.2, -0.15) is 0 Å². The first-order chi connectivity index (χ1) is 9.60. The van der Waals surface area contributed by atoms with E-state index in [1.165, 1.54) is 5.56 Å². The minimum Gasteiger partial charge on any atom is -0.384 e. The van der Waals surface area contributed by atoms with Crippen LogP contribution in [-0.2, 0) is 15.9 Å². The summed E-state index contributed by atoms with van der Waals surface area (Å²) >= 11 is 0. The van der Waals surface area contributed by atoms with Crippen LogP contribution >= 0.6 is 0 Å². The average Bonchev–Trinajstić information content (AvgIpc) is 2.40. The molecule has 114 valence electrons. The van der Waals surface area contributed by atoms with Crippen molar-refractivity contribution in [1.29, 1.82) is 0 Å². The predicted octanol–water partition coefficient (Wildman–Crippen LogP) is 1.62. The summed E-state index contributed by atoms with van der Waals surface area (Å²) in [5.41, 5.74) is 3.39. The summed E-state index contributed by atoms with van der Waals surface area (Å²) in [6.45, 7) is 9.49. The highest BCUT2D eigenvalue weighted by atomic mass is 16.5. The van der Waals surface area contributed by atoms with E-state index in [2.05, 4.69) is 36.1 Å². The summed E-state index contributed by atoms with van der Waals surface area (Å²) in [5, 5.41) is 3.39. The minimum absolute atomic E-state index is 0.392. The smallest absolute Gasteiger partial charge is 0.131 e. The van der Waals surface area contributed by atoms with Crippen molar-refractivity contribution in [1.82, 2.24) is 15.3 Å². The molecule has 0 bridgehead atoms. The second kappa shape index (κ2) is 9.00. The highest BCUT2D eigenvalue weighted by Gasteiger charge is 2.14. The Labute approximate surface area is 122 Å². The van der Waals surface area contributed by atoms with E-state index in [0.717, 1.165) is 43.3 Å². The maximum Gasteiger partial charge on any atom is 0.131 e. The molecule has 5 heteroatoms. The molecule has 0 aliphatic rings. The van der Waals surface area contributed by atoms with Crippen molar-refractivity contribution in [2.75, 3.05) is 40.5 Å². The zero-order valence-corrected chi connectivity index (χ0v) is 13.3. The largest absolute Gasteiger partial charge is 0.384 e. The van der Waals surface area contributed by atoms with Gasteiger partial charge in [0.05, 0.1) is 13.2 Å². The lowest BCUT2D eigenvalue weighted by molar-refractivity contribution is 0.199. The van der Waals surface area contributed by atoms with Crippen LogP contribution in [0.1, 0.15) is 35.6 Å². The second-order valence-corrected chi connectivity index (χ2v) is 5.07. The molecule has 1 unspecified atom stereocenters. The average molecular weight is 281 g/mol. The Bertz CT molecular complexity index is 387. The standard InChI is InChI=1S/C15H27N3O2/c1-11(10-16-7-9-20-5)15-12(2)17-14(6-8-19-4)18-13(15)3/h11,16H,6-10H2,1-5H3. The molecule has 0 aliphatic carbocycles. The third kappa shape index (κ3) is 5.15. The Morgan fingerprint density at radius 1 is 1.05 bits per heavy atom. The quantitative estimate of drug-likeness (QED) is 0.697. The van der Waals surface area contributed by atoms with Crippen LogP contribution < -0.4 is 5.32 Å². The fraction of sp³-hybridized carbons (Fsp3) is 0.733. The molecule has 0 fully saturated rings. The molecule has 0 amide bonds. The van der Waals surface area contributed by atoms with Crippen molar-refractivity contribution in [3.05, 3.63) is 22.8 Å². The highest BCUT2D eigenvalue weighted by Crippen LogP contribution is 2.20. The number of methoxy groups -OCH3 is 2. The number of nitrogens with one attached hydrogen (secondary N) is 1. The lowest BCUT2D eigenvalue weighted by Gasteiger charge is -2.18. The van der Waals surface area contributed by atoms with Crippen LogP contribution in [0, 0.1) is 13.8 Å². The van der Waals surface area contributed by atoms with Gasteiger partial charge in [0.15, 0.2) is 0 Å². The molecule has 0 aromatic carbocycles. The van der Waals surface area contributed by atoms with E-state index in [4.69, 9.17) is 9.47 Å². The zero-order chi connectivity index (χ0) is 15.0. The summed E-state index contributed by atoms with van der Waals surface area (Å²) in [4.78, 5) is 9.19. The Kier molecular flexibility index (Phi) is 7.65. The van der Waals surface area contributed by atoms with Crippen molar-refractivity contribution in [3.8, 4) is 0 Å². The van der Waals surface area contributed by atoms with Gasteiger partial charge in [-0.25, -0.2) is 9.97 Å². The summed E-state index contributed by atoms with van der Waals surface area (Å²) < 4.78 is 10.1. The monoisotopic (exact) mass is 281 g/mol. The molecule has 0 aliphatic heterocycles. The van der Waals surface area contributed by atoms with E-state index in [1.54, 1.807) is 14.2 Å². The maximum atomic E-state index is 5.08. The summed E-state index contributed by atoms with van der Waals surface area (Å²) in [6.07, 6.45) is 0.763. The Balaban J connectivity index is 2.69. The van der Waals surface area contributed by atoms with Gasteiger partial charge >= 0.3 is 0 Å². The van der Waals surface area contributed by atoms with Crippen LogP contribution in [0.2, 0.25) is 0 Å². The number of hydrogen-bond donors (Lipinski definition) is 1. The van der Waals surface area contributed by atoms with E-state index in [9.17, 15) is 0 Å². The number of aromatic nitrogens is 2. The van der Waals surface area contributed by atoms with Gasteiger partial charge in [-0.3, -0.25) is 0 Å². The van der Waals surface area contributed by atoms with E-state index in [0.29, 0.717) is 12.5 Å². The molecular formula is C15H27N3O2. The van der Waals surface area contributed by atoms with Crippen LogP contribution in [0.3, 0.4) is 0 Å². The van der Waals surface area contributed by atoms with Crippen molar-refractivity contribution in [3.63, 3.8) is 0 Å². The normalized spacial score (nSPS) is 12.7. The SMILES string of the molecule is COCCNCC(C)c1c(C)nc(CCOC)nc1C. The molecule has 5 nitrogen and oxygen atoms in total. The Morgan fingerprint density at radius 2 is 1.65 bits per heavy atom. The fourth-order valence-corrected chi connectivity index (χ4v) is 2.41. The molecule has 0 saturated heterocycles. The number of rotatable bonds is 9. The van der Waals surface area contributed by atoms with Crippen LogP contribution in [0.15, 0.2) is 0 Å². The molecule has 1 heterocycles. The highest BCUT2D eigenvalue weighted by molar-refractivity contribution is 5.28. The molecule has 1 N–H and O–H groups in total. The first-order valence-electron chi connectivity index (χ1n) is 7.12. The van der Waals surface area contributed by atoms with Gasteiger partial charge in [-0.15, -0.1) is 0 Å². The molecular weight excluding hydrogens is 254 g/mol. The lowest BCUT2D eigenvalue weighted by Crippen LogP contribution is -2.25. The third-order valence-corrected chi connectivity index (χ3v) is 3.33. The van der Waals surface area contributed by atoms with Gasteiger partial charge in [0, 0.05) is 45.1 Å². The Morgan fingerprint density at radius 3 is 2.20 bits per heavy atom. The molecule has 1 rings (SSSR count). The minimum atomic E-state index is 0.392. The number of hydrogen-bond acceptors (Lipinski definition) is 5. The van der Waals surface area contributed by atoms with E-state index < -0.39 is 0 Å². The lowest BCUT2D eigenvalue weighted by atomic mass is 9.98. The molecule has 0 radical (unpaired) electrons. The molecule has 1 aromatic heterocycles. The predicted molar refractivity (Wildman–Crippen MR) is 80.2 cm³/mol. The van der Waals surface area contributed by atoms with E-state index in [-0.39, 0.29) is 0 Å². The summed E-state index contributed by atoms with van der Waals surface area (Å²) in [5.74, 6) is 1.26. The first kappa shape index (κ1) is 17.0. The van der Waals surface area contributed by atoms with Crippen LogP contribution in [0.4, 0.5) is 0 Å². The van der Waals surface area contributed by atoms with Gasteiger partial charge in [0.25, 0.3) is 0 Å². The van der Waals surface area contributed by atoms with Crippen LogP contribution in [-0.4, -0.2) is 50.5 Å².